The number of hydrogen-bond donors (Lipinski definition) is 1. The molecule has 0 atom stereocenters. The van der Waals surface area contributed by atoms with Crippen molar-refractivity contribution in [2.45, 2.75) is 39.7 Å². The normalized spacial score (nSPS) is 19.0. The molecule has 0 amide bonds. The molecule has 0 aliphatic carbocycles. The Labute approximate surface area is 118 Å². The van der Waals surface area contributed by atoms with Crippen molar-refractivity contribution in [3.8, 4) is 0 Å². The standard InChI is InChI=1S/C15H22BrNO/c1-3-15(2)6-8-17(9-7-15)14-5-4-13(16)10-12(14)11-18/h4-5,10,18H,3,6-9,11H2,1-2H3. The average Bonchev–Trinajstić information content (AvgIpc) is 2.40. The molecule has 2 nitrogen and oxygen atoms in total. The van der Waals surface area contributed by atoms with Gasteiger partial charge in [-0.3, -0.25) is 0 Å². The molecular weight excluding hydrogens is 290 g/mol. The number of nitrogens with zero attached hydrogens (tertiary/aromatic N) is 1. The molecule has 3 heteroatoms. The molecule has 1 fully saturated rings. The predicted molar refractivity (Wildman–Crippen MR) is 79.9 cm³/mol. The van der Waals surface area contributed by atoms with Crippen LogP contribution in [0, 0.1) is 5.41 Å². The highest BCUT2D eigenvalue weighted by Crippen LogP contribution is 2.36. The molecule has 1 aromatic carbocycles. The molecular formula is C15H22BrNO. The van der Waals surface area contributed by atoms with E-state index in [1.54, 1.807) is 0 Å². The van der Waals surface area contributed by atoms with Gasteiger partial charge in [-0.05, 0) is 36.5 Å². The van der Waals surface area contributed by atoms with E-state index in [1.807, 2.05) is 6.07 Å². The van der Waals surface area contributed by atoms with Crippen LogP contribution >= 0.6 is 15.9 Å². The Bertz CT molecular complexity index is 411. The molecule has 0 radical (unpaired) electrons. The fourth-order valence-corrected chi connectivity index (χ4v) is 3.04. The number of aliphatic hydroxyl groups is 1. The zero-order valence-electron chi connectivity index (χ0n) is 11.2. The van der Waals surface area contributed by atoms with Crippen LogP contribution in [-0.2, 0) is 6.61 Å². The second kappa shape index (κ2) is 5.62. The average molecular weight is 312 g/mol. The maximum atomic E-state index is 9.47. The van der Waals surface area contributed by atoms with E-state index < -0.39 is 0 Å². The molecule has 1 N–H and O–H groups in total. The van der Waals surface area contributed by atoms with E-state index in [1.165, 1.54) is 24.9 Å². The van der Waals surface area contributed by atoms with Gasteiger partial charge in [0.2, 0.25) is 0 Å². The number of anilines is 1. The van der Waals surface area contributed by atoms with Crippen LogP contribution in [0.5, 0.6) is 0 Å². The predicted octanol–water partition coefficient (Wildman–Crippen LogP) is 3.96. The summed E-state index contributed by atoms with van der Waals surface area (Å²) < 4.78 is 1.03. The van der Waals surface area contributed by atoms with Crippen LogP contribution in [0.3, 0.4) is 0 Å². The van der Waals surface area contributed by atoms with Crippen molar-refractivity contribution < 1.29 is 5.11 Å². The molecule has 0 aromatic heterocycles. The first kappa shape index (κ1) is 13.9. The molecule has 1 aromatic rings. The first-order valence-corrected chi connectivity index (χ1v) is 7.51. The van der Waals surface area contributed by atoms with Gasteiger partial charge in [0.05, 0.1) is 6.61 Å². The number of hydrogen-bond acceptors (Lipinski definition) is 2. The summed E-state index contributed by atoms with van der Waals surface area (Å²) in [5.41, 5.74) is 2.72. The molecule has 0 bridgehead atoms. The Balaban J connectivity index is 2.14. The number of piperidine rings is 1. The Morgan fingerprint density at radius 1 is 1.33 bits per heavy atom. The van der Waals surface area contributed by atoms with Crippen LogP contribution < -0.4 is 4.90 Å². The van der Waals surface area contributed by atoms with Crippen molar-refractivity contribution in [3.63, 3.8) is 0 Å². The molecule has 1 aliphatic rings. The second-order valence-electron chi connectivity index (χ2n) is 5.58. The summed E-state index contributed by atoms with van der Waals surface area (Å²) in [6.45, 7) is 6.97. The lowest BCUT2D eigenvalue weighted by atomic mass is 9.78. The van der Waals surface area contributed by atoms with Gasteiger partial charge in [-0.15, -0.1) is 0 Å². The number of rotatable bonds is 3. The number of benzene rings is 1. The highest BCUT2D eigenvalue weighted by atomic mass is 79.9. The van der Waals surface area contributed by atoms with Crippen LogP contribution in [0.1, 0.15) is 38.7 Å². The topological polar surface area (TPSA) is 23.5 Å². The van der Waals surface area contributed by atoms with Gasteiger partial charge < -0.3 is 10.0 Å². The largest absolute Gasteiger partial charge is 0.392 e. The minimum atomic E-state index is 0.107. The molecule has 0 unspecified atom stereocenters. The molecule has 18 heavy (non-hydrogen) atoms. The fourth-order valence-electron chi connectivity index (χ4n) is 2.63. The SMILES string of the molecule is CCC1(C)CCN(c2ccc(Br)cc2CO)CC1. The van der Waals surface area contributed by atoms with Gasteiger partial charge in [0.1, 0.15) is 0 Å². The van der Waals surface area contributed by atoms with Gasteiger partial charge in [0.25, 0.3) is 0 Å². The van der Waals surface area contributed by atoms with Crippen LogP contribution in [0.4, 0.5) is 5.69 Å². The third kappa shape index (κ3) is 2.89. The Hall–Kier alpha value is -0.540. The lowest BCUT2D eigenvalue weighted by molar-refractivity contribution is 0.237. The van der Waals surface area contributed by atoms with Crippen molar-refractivity contribution in [1.29, 1.82) is 0 Å². The Kier molecular flexibility index (Phi) is 4.33. The second-order valence-corrected chi connectivity index (χ2v) is 6.50. The van der Waals surface area contributed by atoms with Crippen LogP contribution in [0.25, 0.3) is 0 Å². The summed E-state index contributed by atoms with van der Waals surface area (Å²) in [6, 6.07) is 6.19. The maximum absolute atomic E-state index is 9.47. The van der Waals surface area contributed by atoms with Gasteiger partial charge >= 0.3 is 0 Å². The van der Waals surface area contributed by atoms with Crippen molar-refractivity contribution in [3.05, 3.63) is 28.2 Å². The van der Waals surface area contributed by atoms with Gasteiger partial charge in [-0.1, -0.05) is 36.2 Å². The first-order chi connectivity index (χ1) is 8.58. The minimum absolute atomic E-state index is 0.107. The van der Waals surface area contributed by atoms with Crippen LogP contribution in [-0.4, -0.2) is 18.2 Å². The highest BCUT2D eigenvalue weighted by molar-refractivity contribution is 9.10. The molecule has 1 saturated heterocycles. The first-order valence-electron chi connectivity index (χ1n) is 6.72. The van der Waals surface area contributed by atoms with Crippen LogP contribution in [0.15, 0.2) is 22.7 Å². The molecule has 0 spiro atoms. The molecule has 100 valence electrons. The zero-order valence-corrected chi connectivity index (χ0v) is 12.8. The van der Waals surface area contributed by atoms with Gasteiger partial charge in [-0.2, -0.15) is 0 Å². The summed E-state index contributed by atoms with van der Waals surface area (Å²) in [6.07, 6.45) is 3.74. The van der Waals surface area contributed by atoms with E-state index >= 15 is 0 Å². The maximum Gasteiger partial charge on any atom is 0.0702 e. The summed E-state index contributed by atoms with van der Waals surface area (Å²) in [5.74, 6) is 0. The smallest absolute Gasteiger partial charge is 0.0702 e. The summed E-state index contributed by atoms with van der Waals surface area (Å²) in [7, 11) is 0. The van der Waals surface area contributed by atoms with Crippen LogP contribution in [0.2, 0.25) is 0 Å². The van der Waals surface area contributed by atoms with Crippen molar-refractivity contribution in [2.24, 2.45) is 5.41 Å². The lowest BCUT2D eigenvalue weighted by Crippen LogP contribution is -2.38. The Morgan fingerprint density at radius 3 is 2.56 bits per heavy atom. The number of halogens is 1. The highest BCUT2D eigenvalue weighted by Gasteiger charge is 2.28. The number of aliphatic hydroxyl groups excluding tert-OH is 1. The molecule has 2 rings (SSSR count). The van der Waals surface area contributed by atoms with Crippen molar-refractivity contribution in [1.82, 2.24) is 0 Å². The molecule has 1 heterocycles. The molecule has 1 aliphatic heterocycles. The van der Waals surface area contributed by atoms with E-state index in [2.05, 4.69) is 46.8 Å². The van der Waals surface area contributed by atoms with Gasteiger partial charge in [0, 0.05) is 28.8 Å². The minimum Gasteiger partial charge on any atom is -0.392 e. The quantitative estimate of drug-likeness (QED) is 0.913. The summed E-state index contributed by atoms with van der Waals surface area (Å²) in [5, 5.41) is 9.47. The van der Waals surface area contributed by atoms with Crippen molar-refractivity contribution >= 4 is 21.6 Å². The summed E-state index contributed by atoms with van der Waals surface area (Å²) in [4.78, 5) is 2.41. The van der Waals surface area contributed by atoms with Gasteiger partial charge in [-0.25, -0.2) is 0 Å². The van der Waals surface area contributed by atoms with E-state index in [0.717, 1.165) is 23.1 Å². The third-order valence-corrected chi connectivity index (χ3v) is 4.87. The monoisotopic (exact) mass is 311 g/mol. The molecule has 0 saturated carbocycles. The fraction of sp³-hybridized carbons (Fsp3) is 0.600. The summed E-state index contributed by atoms with van der Waals surface area (Å²) >= 11 is 3.46. The van der Waals surface area contributed by atoms with Crippen molar-refractivity contribution in [2.75, 3.05) is 18.0 Å². The van der Waals surface area contributed by atoms with E-state index in [9.17, 15) is 5.11 Å². The van der Waals surface area contributed by atoms with E-state index in [4.69, 9.17) is 0 Å². The van der Waals surface area contributed by atoms with Gasteiger partial charge in [0.15, 0.2) is 0 Å². The van der Waals surface area contributed by atoms with E-state index in [0.29, 0.717) is 5.41 Å². The third-order valence-electron chi connectivity index (χ3n) is 4.38. The lowest BCUT2D eigenvalue weighted by Gasteiger charge is -2.40. The van der Waals surface area contributed by atoms with E-state index in [-0.39, 0.29) is 6.61 Å². The Morgan fingerprint density at radius 2 is 2.00 bits per heavy atom. The zero-order chi connectivity index (χ0) is 13.2.